The lowest BCUT2D eigenvalue weighted by molar-refractivity contribution is 0.416. The molecule has 3 rings (SSSR count). The zero-order chi connectivity index (χ0) is 13.4. The number of nitrogens with one attached hydrogen (secondary N) is 1. The first-order chi connectivity index (χ1) is 9.17. The average molecular weight is 293 g/mol. The Morgan fingerprint density at radius 3 is 2.84 bits per heavy atom. The molecule has 19 heavy (non-hydrogen) atoms. The van der Waals surface area contributed by atoms with Crippen molar-refractivity contribution in [3.63, 3.8) is 0 Å². The second kappa shape index (κ2) is 4.94. The summed E-state index contributed by atoms with van der Waals surface area (Å²) >= 11 is 11.3. The molecule has 1 fully saturated rings. The SMILES string of the molecule is COc1ccc(Cl)cc1-c1cc(=S)nc(C2CC2)[nH]1. The molecule has 0 amide bonds. The van der Waals surface area contributed by atoms with E-state index in [1.54, 1.807) is 7.11 Å². The molecule has 1 aliphatic rings. The predicted molar refractivity (Wildman–Crippen MR) is 78.4 cm³/mol. The monoisotopic (exact) mass is 292 g/mol. The summed E-state index contributed by atoms with van der Waals surface area (Å²) in [6.45, 7) is 0. The third kappa shape index (κ3) is 2.65. The van der Waals surface area contributed by atoms with Crippen LogP contribution in [0.25, 0.3) is 11.3 Å². The number of methoxy groups -OCH3 is 1. The second-order valence-electron chi connectivity index (χ2n) is 4.64. The third-order valence-corrected chi connectivity index (χ3v) is 3.62. The standard InChI is InChI=1S/C14H13ClN2OS/c1-18-12-5-4-9(15)6-10(12)11-7-13(19)17-14(16-11)8-2-3-8/h4-8H,2-3H2,1H3,(H,16,17,19). The average Bonchev–Trinajstić information content (AvgIpc) is 3.22. The molecule has 0 radical (unpaired) electrons. The van der Waals surface area contributed by atoms with Gasteiger partial charge in [-0.15, -0.1) is 0 Å². The van der Waals surface area contributed by atoms with Gasteiger partial charge in [0.1, 0.15) is 16.2 Å². The van der Waals surface area contributed by atoms with Crippen molar-refractivity contribution in [2.75, 3.05) is 7.11 Å². The number of hydrogen-bond acceptors (Lipinski definition) is 3. The maximum Gasteiger partial charge on any atom is 0.130 e. The number of rotatable bonds is 3. The van der Waals surface area contributed by atoms with Gasteiger partial charge in [0.15, 0.2) is 0 Å². The number of benzene rings is 1. The molecule has 1 aromatic heterocycles. The van der Waals surface area contributed by atoms with E-state index in [0.717, 1.165) is 22.8 Å². The largest absolute Gasteiger partial charge is 0.496 e. The van der Waals surface area contributed by atoms with E-state index in [2.05, 4.69) is 9.97 Å². The Morgan fingerprint density at radius 1 is 1.37 bits per heavy atom. The van der Waals surface area contributed by atoms with Crippen LogP contribution in [0.1, 0.15) is 24.6 Å². The lowest BCUT2D eigenvalue weighted by Crippen LogP contribution is -1.97. The molecule has 0 bridgehead atoms. The van der Waals surface area contributed by atoms with Crippen LogP contribution < -0.4 is 4.74 Å². The quantitative estimate of drug-likeness (QED) is 0.855. The number of aromatic amines is 1. The fourth-order valence-electron chi connectivity index (χ4n) is 2.06. The maximum atomic E-state index is 6.07. The lowest BCUT2D eigenvalue weighted by Gasteiger charge is -2.10. The van der Waals surface area contributed by atoms with Gasteiger partial charge >= 0.3 is 0 Å². The fraction of sp³-hybridized carbons (Fsp3) is 0.286. The highest BCUT2D eigenvalue weighted by atomic mass is 35.5. The van der Waals surface area contributed by atoms with Gasteiger partial charge in [-0.25, -0.2) is 4.98 Å². The van der Waals surface area contributed by atoms with Gasteiger partial charge in [-0.3, -0.25) is 0 Å². The Balaban J connectivity index is 2.15. The minimum absolute atomic E-state index is 0.520. The van der Waals surface area contributed by atoms with E-state index in [9.17, 15) is 0 Å². The molecule has 98 valence electrons. The summed E-state index contributed by atoms with van der Waals surface area (Å²) in [6.07, 6.45) is 2.35. The van der Waals surface area contributed by atoms with Crippen molar-refractivity contribution in [1.29, 1.82) is 0 Å². The molecule has 5 heteroatoms. The Morgan fingerprint density at radius 2 is 2.16 bits per heavy atom. The molecule has 0 spiro atoms. The van der Waals surface area contributed by atoms with Gasteiger partial charge in [-0.2, -0.15) is 0 Å². The van der Waals surface area contributed by atoms with E-state index in [0.29, 0.717) is 15.6 Å². The van der Waals surface area contributed by atoms with E-state index in [-0.39, 0.29) is 0 Å². The zero-order valence-electron chi connectivity index (χ0n) is 10.4. The van der Waals surface area contributed by atoms with E-state index >= 15 is 0 Å². The molecule has 1 N–H and O–H groups in total. The van der Waals surface area contributed by atoms with Gasteiger partial charge in [0.25, 0.3) is 0 Å². The highest BCUT2D eigenvalue weighted by molar-refractivity contribution is 7.71. The summed E-state index contributed by atoms with van der Waals surface area (Å²) in [6, 6.07) is 7.38. The number of H-pyrrole nitrogens is 1. The van der Waals surface area contributed by atoms with Crippen LogP contribution in [0.15, 0.2) is 24.3 Å². The molecule has 0 saturated heterocycles. The first-order valence-electron chi connectivity index (χ1n) is 6.12. The normalized spacial score (nSPS) is 14.4. The number of nitrogens with zero attached hydrogens (tertiary/aromatic N) is 1. The first kappa shape index (κ1) is 12.6. The zero-order valence-corrected chi connectivity index (χ0v) is 12.0. The van der Waals surface area contributed by atoms with Crippen molar-refractivity contribution >= 4 is 23.8 Å². The Kier molecular flexibility index (Phi) is 3.29. The predicted octanol–water partition coefficient (Wildman–Crippen LogP) is 4.35. The summed E-state index contributed by atoms with van der Waals surface area (Å²) < 4.78 is 5.97. The van der Waals surface area contributed by atoms with Crippen molar-refractivity contribution in [2.45, 2.75) is 18.8 Å². The van der Waals surface area contributed by atoms with Crippen LogP contribution in [0.5, 0.6) is 5.75 Å². The van der Waals surface area contributed by atoms with Crippen molar-refractivity contribution in [1.82, 2.24) is 9.97 Å². The van der Waals surface area contributed by atoms with Crippen molar-refractivity contribution in [3.8, 4) is 17.0 Å². The van der Waals surface area contributed by atoms with E-state index in [4.69, 9.17) is 28.6 Å². The smallest absolute Gasteiger partial charge is 0.130 e. The van der Waals surface area contributed by atoms with Crippen molar-refractivity contribution in [3.05, 3.63) is 39.8 Å². The van der Waals surface area contributed by atoms with E-state index < -0.39 is 0 Å². The second-order valence-corrected chi connectivity index (χ2v) is 5.49. The topological polar surface area (TPSA) is 37.9 Å². The highest BCUT2D eigenvalue weighted by Gasteiger charge is 2.26. The Labute approximate surface area is 121 Å². The number of aromatic nitrogens is 2. The minimum Gasteiger partial charge on any atom is -0.496 e. The molecule has 0 aliphatic heterocycles. The molecule has 0 atom stereocenters. The Hall–Kier alpha value is -1.39. The number of ether oxygens (including phenoxy) is 1. The van der Waals surface area contributed by atoms with Gasteiger partial charge in [-0.1, -0.05) is 23.8 Å². The number of hydrogen-bond donors (Lipinski definition) is 1. The molecular formula is C14H13ClN2OS. The lowest BCUT2D eigenvalue weighted by atomic mass is 10.1. The number of halogens is 1. The van der Waals surface area contributed by atoms with Crippen molar-refractivity contribution in [2.24, 2.45) is 0 Å². The van der Waals surface area contributed by atoms with Gasteiger partial charge in [-0.05, 0) is 37.1 Å². The molecular weight excluding hydrogens is 280 g/mol. The van der Waals surface area contributed by atoms with Crippen LogP contribution in [-0.4, -0.2) is 17.1 Å². The van der Waals surface area contributed by atoms with Gasteiger partial charge in [0.2, 0.25) is 0 Å². The fourth-order valence-corrected chi connectivity index (χ4v) is 2.45. The van der Waals surface area contributed by atoms with Crippen LogP contribution >= 0.6 is 23.8 Å². The summed E-state index contributed by atoms with van der Waals surface area (Å²) in [7, 11) is 1.64. The highest BCUT2D eigenvalue weighted by Crippen LogP contribution is 2.39. The third-order valence-electron chi connectivity index (χ3n) is 3.18. The molecule has 1 aliphatic carbocycles. The molecule has 3 nitrogen and oxygen atoms in total. The maximum absolute atomic E-state index is 6.07. The van der Waals surface area contributed by atoms with Crippen LogP contribution in [0, 0.1) is 4.64 Å². The van der Waals surface area contributed by atoms with Crippen LogP contribution in [0.4, 0.5) is 0 Å². The minimum atomic E-state index is 0.520. The van der Waals surface area contributed by atoms with E-state index in [1.165, 1.54) is 12.8 Å². The van der Waals surface area contributed by atoms with Crippen molar-refractivity contribution < 1.29 is 4.74 Å². The van der Waals surface area contributed by atoms with E-state index in [1.807, 2.05) is 24.3 Å². The molecule has 1 aromatic carbocycles. The summed E-state index contributed by atoms with van der Waals surface area (Å²) in [5, 5.41) is 0.667. The molecule has 2 aromatic rings. The van der Waals surface area contributed by atoms with Gasteiger partial charge in [0, 0.05) is 16.5 Å². The summed E-state index contributed by atoms with van der Waals surface area (Å²) in [4.78, 5) is 7.73. The van der Waals surface area contributed by atoms with Crippen LogP contribution in [-0.2, 0) is 0 Å². The van der Waals surface area contributed by atoms with Gasteiger partial charge < -0.3 is 9.72 Å². The van der Waals surface area contributed by atoms with Crippen LogP contribution in [0.3, 0.4) is 0 Å². The van der Waals surface area contributed by atoms with Crippen LogP contribution in [0.2, 0.25) is 5.02 Å². The molecule has 0 unspecified atom stereocenters. The molecule has 1 saturated carbocycles. The Bertz CT molecular complexity index is 679. The first-order valence-corrected chi connectivity index (χ1v) is 6.91. The van der Waals surface area contributed by atoms with Gasteiger partial charge in [0.05, 0.1) is 12.8 Å². The molecule has 1 heterocycles. The summed E-state index contributed by atoms with van der Waals surface area (Å²) in [5.41, 5.74) is 1.81. The summed E-state index contributed by atoms with van der Waals surface area (Å²) in [5.74, 6) is 2.25.